The second kappa shape index (κ2) is 2.82. The van der Waals surface area contributed by atoms with Gasteiger partial charge in [-0.15, -0.1) is 0 Å². The van der Waals surface area contributed by atoms with Crippen molar-refractivity contribution in [3.05, 3.63) is 0 Å². The molecule has 0 fully saturated rings. The maximum Gasteiger partial charge on any atom is 0.321 e. The van der Waals surface area contributed by atoms with E-state index in [0.29, 0.717) is 0 Å². The normalized spacial score (nSPS) is 13.6. The third-order valence-electron chi connectivity index (χ3n) is 1.20. The average molecular weight is 388 g/mol. The summed E-state index contributed by atoms with van der Waals surface area (Å²) in [5.41, 5.74) is 4.95. The minimum absolute atomic E-state index is 0. The Hall–Kier alpha value is -1.57. The minimum atomic E-state index is -0.942. The molecule has 0 aromatic carbocycles. The summed E-state index contributed by atoms with van der Waals surface area (Å²) in [5, 5.41) is 8.39. The van der Waals surface area contributed by atoms with Gasteiger partial charge in [0.25, 0.3) is 0 Å². The summed E-state index contributed by atoms with van der Waals surface area (Å²) >= 11 is 0. The third kappa shape index (κ3) is 2.67. The third-order valence-corrected chi connectivity index (χ3v) is 1.20. The fraction of sp³-hybridized carbons (Fsp3) is 0.833. The standard InChI is InChI=1S/C6H13NO2.Fm/c1-6(2,3)4(7)5(8)9;/h4H,7H2,1-3H3,(H,8,9);. The Kier molecular flexibility index (Phi) is 3.18. The average Bonchev–Trinajstić information content (AvgIpc) is 1.62. The number of carboxylic acids is 1. The van der Waals surface area contributed by atoms with Crippen molar-refractivity contribution in [3.63, 3.8) is 0 Å². The molecule has 0 amide bonds. The van der Waals surface area contributed by atoms with E-state index in [-0.39, 0.29) is 5.41 Å². The minimum Gasteiger partial charge on any atom is -0.480 e. The topological polar surface area (TPSA) is 63.3 Å². The molecule has 3 nitrogen and oxygen atoms in total. The smallest absolute Gasteiger partial charge is 0.321 e. The van der Waals surface area contributed by atoms with Gasteiger partial charge in [-0.1, -0.05) is 20.8 Å². The first-order valence-electron chi connectivity index (χ1n) is 2.84. The molecule has 0 aromatic rings. The predicted molar refractivity (Wildman–Crippen MR) is 35.1 cm³/mol. The Bertz CT molecular complexity index is 119. The number of hydrogen-bond donors (Lipinski definition) is 2. The van der Waals surface area contributed by atoms with Crippen LogP contribution in [0.1, 0.15) is 20.8 Å². The number of aliphatic carboxylic acids is 1. The van der Waals surface area contributed by atoms with E-state index < -0.39 is 12.0 Å². The van der Waals surface area contributed by atoms with Crippen molar-refractivity contribution < 1.29 is 9.90 Å². The van der Waals surface area contributed by atoms with Crippen LogP contribution in [0.4, 0.5) is 0 Å². The van der Waals surface area contributed by atoms with Crippen LogP contribution in [0.15, 0.2) is 0 Å². The maximum absolute atomic E-state index is 10.2. The van der Waals surface area contributed by atoms with Crippen molar-refractivity contribution in [2.24, 2.45) is 11.1 Å². The van der Waals surface area contributed by atoms with Crippen molar-refractivity contribution in [2.45, 2.75) is 26.8 Å². The molecule has 66 valence electrons. The molecule has 0 bridgehead atoms. The molecule has 0 rings (SSSR count). The van der Waals surface area contributed by atoms with Crippen LogP contribution in [-0.2, 0) is 4.79 Å². The number of rotatable bonds is 1. The van der Waals surface area contributed by atoms with Gasteiger partial charge in [-0.05, 0) is 5.41 Å². The summed E-state index contributed by atoms with van der Waals surface area (Å²) in [7, 11) is 0. The molecule has 1 atom stereocenters. The summed E-state index contributed by atoms with van der Waals surface area (Å²) in [6, 6.07) is -0.766. The SMILES string of the molecule is CC(C)(C)C(N)C(=O)O.[Fm]. The van der Waals surface area contributed by atoms with Crippen molar-refractivity contribution in [1.82, 2.24) is 0 Å². The monoisotopic (exact) mass is 388 g/mol. The van der Waals surface area contributed by atoms with Gasteiger partial charge in [-0.3, -0.25) is 4.79 Å². The zero-order valence-electron chi connectivity index (χ0n) is 6.30. The molecule has 10 heavy (non-hydrogen) atoms. The first-order chi connectivity index (χ1) is 3.85. The second-order valence-electron chi connectivity index (χ2n) is 3.18. The largest absolute Gasteiger partial charge is 0.480 e. The van der Waals surface area contributed by atoms with Crippen LogP contribution in [0.5, 0.6) is 0 Å². The quantitative estimate of drug-likeness (QED) is 0.686. The molecule has 0 saturated carbocycles. The van der Waals surface area contributed by atoms with Crippen LogP contribution in [0.25, 0.3) is 0 Å². The van der Waals surface area contributed by atoms with Crippen molar-refractivity contribution >= 4 is 5.97 Å². The Morgan fingerprint density at radius 2 is 1.80 bits per heavy atom. The second-order valence-corrected chi connectivity index (χ2v) is 3.18. The van der Waals surface area contributed by atoms with Crippen molar-refractivity contribution in [3.8, 4) is 0 Å². The van der Waals surface area contributed by atoms with Gasteiger partial charge >= 0.3 is 5.97 Å². The van der Waals surface area contributed by atoms with Crippen molar-refractivity contribution in [1.29, 1.82) is 0 Å². The van der Waals surface area contributed by atoms with Gasteiger partial charge in [0.05, 0.1) is 0 Å². The summed E-state index contributed by atoms with van der Waals surface area (Å²) < 4.78 is 0. The van der Waals surface area contributed by atoms with Crippen LogP contribution in [0, 0.1) is 5.41 Å². The first-order valence-corrected chi connectivity index (χ1v) is 2.84. The molecule has 0 aromatic heterocycles. The maximum atomic E-state index is 10.2. The molecule has 0 aliphatic rings. The van der Waals surface area contributed by atoms with E-state index in [4.69, 9.17) is 10.8 Å². The number of hydrogen-bond acceptors (Lipinski definition) is 2. The van der Waals surface area contributed by atoms with Crippen molar-refractivity contribution in [2.75, 3.05) is 0 Å². The molecule has 0 heterocycles. The Morgan fingerprint density at radius 3 is 1.80 bits per heavy atom. The fourth-order valence-corrected chi connectivity index (χ4v) is 0.370. The molecule has 0 aliphatic carbocycles. The number of carboxylic acid groups (broad SMARTS) is 1. The van der Waals surface area contributed by atoms with Gasteiger partial charge in [0.2, 0.25) is 0 Å². The fourth-order valence-electron chi connectivity index (χ4n) is 0.370. The summed E-state index contributed by atoms with van der Waals surface area (Å²) in [5.74, 6) is -0.942. The van der Waals surface area contributed by atoms with E-state index >= 15 is 0 Å². The Balaban J connectivity index is 0. The Labute approximate surface area is 54.9 Å². The van der Waals surface area contributed by atoms with Gasteiger partial charge in [-0.25, -0.2) is 0 Å². The van der Waals surface area contributed by atoms with Gasteiger partial charge in [0.1, 0.15) is 6.04 Å². The van der Waals surface area contributed by atoms with Crippen LogP contribution in [-0.4, -0.2) is 17.1 Å². The van der Waals surface area contributed by atoms with E-state index in [2.05, 4.69) is 0 Å². The zero-order chi connectivity index (χ0) is 7.65. The van der Waals surface area contributed by atoms with Gasteiger partial charge in [0.15, 0.2) is 0 Å². The van der Waals surface area contributed by atoms with Gasteiger partial charge in [-0.2, -0.15) is 0 Å². The summed E-state index contributed by atoms with van der Waals surface area (Å²) in [6.07, 6.45) is 0. The van der Waals surface area contributed by atoms with E-state index in [0.717, 1.165) is 0 Å². The molecule has 0 spiro atoms. The predicted octanol–water partition coefficient (Wildman–Crippen LogP) is 0.444. The van der Waals surface area contributed by atoms with E-state index in [1.807, 2.05) is 0 Å². The summed E-state index contributed by atoms with van der Waals surface area (Å²) in [4.78, 5) is 10.2. The first kappa shape index (κ1) is 11.3. The van der Waals surface area contributed by atoms with Gasteiger partial charge < -0.3 is 10.8 Å². The van der Waals surface area contributed by atoms with E-state index in [9.17, 15) is 4.79 Å². The van der Waals surface area contributed by atoms with Crippen LogP contribution >= 0.6 is 0 Å². The van der Waals surface area contributed by atoms with Gasteiger partial charge in [0, 0.05) is 0 Å². The zero-order valence-corrected chi connectivity index (χ0v) is 8.70. The molecule has 0 saturated heterocycles. The van der Waals surface area contributed by atoms with Crippen LogP contribution in [0.2, 0.25) is 0 Å². The number of carbonyl (C=O) groups is 1. The molecule has 0 aliphatic heterocycles. The molecular formula is C6H13FmNO2. The Morgan fingerprint density at radius 1 is 1.50 bits per heavy atom. The molecule has 1 unspecified atom stereocenters. The molecule has 3 N–H and O–H groups in total. The molecule has 4 heteroatoms. The van der Waals surface area contributed by atoms with Crippen LogP contribution in [0.3, 0.4) is 0 Å². The van der Waals surface area contributed by atoms with E-state index in [1.165, 1.54) is 0 Å². The van der Waals surface area contributed by atoms with Crippen LogP contribution < -0.4 is 5.73 Å². The van der Waals surface area contributed by atoms with E-state index in [1.54, 1.807) is 20.8 Å². The molecule has 0 radical (unpaired) electrons. The number of nitrogens with two attached hydrogens (primary N) is 1. The summed E-state index contributed by atoms with van der Waals surface area (Å²) in [6.45, 7) is 5.39. The molecular weight excluding hydrogens is 375 g/mol.